The standard InChI is InChI=1S/C4H8O2/c1-3-6-4(2)5/h5H,2-3H2,1H3. The molecule has 0 bridgehead atoms. The maximum atomic E-state index is 8.14. The van der Waals surface area contributed by atoms with E-state index in [4.69, 9.17) is 5.11 Å². The second-order valence-electron chi connectivity index (χ2n) is 0.827. The molecule has 0 saturated carbocycles. The summed E-state index contributed by atoms with van der Waals surface area (Å²) in [6.07, 6.45) is 0. The summed E-state index contributed by atoms with van der Waals surface area (Å²) in [5.41, 5.74) is 0. The molecular weight excluding hydrogens is 80.0 g/mol. The number of hydrogen-bond donors (Lipinski definition) is 1. The van der Waals surface area contributed by atoms with E-state index in [1.54, 1.807) is 6.92 Å². The van der Waals surface area contributed by atoms with E-state index in [-0.39, 0.29) is 5.95 Å². The fourth-order valence-corrected chi connectivity index (χ4v) is 0.167. The molecule has 0 aromatic rings. The molecule has 0 aromatic heterocycles. The first-order chi connectivity index (χ1) is 2.77. The van der Waals surface area contributed by atoms with Gasteiger partial charge < -0.3 is 9.84 Å². The molecule has 0 rings (SSSR count). The fourth-order valence-electron chi connectivity index (χ4n) is 0.167. The molecule has 0 amide bonds. The predicted molar refractivity (Wildman–Crippen MR) is 23.4 cm³/mol. The van der Waals surface area contributed by atoms with Crippen LogP contribution in [0.4, 0.5) is 0 Å². The normalized spacial score (nSPS) is 7.50. The van der Waals surface area contributed by atoms with Crippen molar-refractivity contribution in [2.75, 3.05) is 6.61 Å². The van der Waals surface area contributed by atoms with Crippen LogP contribution in [0.2, 0.25) is 0 Å². The minimum absolute atomic E-state index is 0.211. The van der Waals surface area contributed by atoms with E-state index in [0.29, 0.717) is 6.61 Å². The van der Waals surface area contributed by atoms with Gasteiger partial charge >= 0.3 is 0 Å². The molecule has 0 spiro atoms. The van der Waals surface area contributed by atoms with Gasteiger partial charge in [0.1, 0.15) is 0 Å². The molecule has 0 unspecified atom stereocenters. The number of aliphatic hydroxyl groups is 1. The van der Waals surface area contributed by atoms with Crippen molar-refractivity contribution in [2.24, 2.45) is 0 Å². The highest BCUT2D eigenvalue weighted by molar-refractivity contribution is 4.60. The molecule has 0 aliphatic carbocycles. The largest absolute Gasteiger partial charge is 0.481 e. The van der Waals surface area contributed by atoms with Crippen LogP contribution in [-0.2, 0) is 4.74 Å². The van der Waals surface area contributed by atoms with Crippen LogP contribution < -0.4 is 0 Å². The SMILES string of the molecule is C=C(O)OCC. The van der Waals surface area contributed by atoms with E-state index in [2.05, 4.69) is 11.3 Å². The molecule has 6 heavy (non-hydrogen) atoms. The van der Waals surface area contributed by atoms with Gasteiger partial charge in [-0.15, -0.1) is 0 Å². The summed E-state index contributed by atoms with van der Waals surface area (Å²) in [5, 5.41) is 8.14. The molecule has 1 N–H and O–H groups in total. The van der Waals surface area contributed by atoms with E-state index < -0.39 is 0 Å². The van der Waals surface area contributed by atoms with Gasteiger partial charge in [0, 0.05) is 0 Å². The van der Waals surface area contributed by atoms with Crippen LogP contribution in [0.1, 0.15) is 6.92 Å². The third kappa shape index (κ3) is 3.34. The molecular formula is C4H8O2. The predicted octanol–water partition coefficient (Wildman–Crippen LogP) is 1.05. The zero-order valence-corrected chi connectivity index (χ0v) is 3.77. The summed E-state index contributed by atoms with van der Waals surface area (Å²) in [7, 11) is 0. The first-order valence-corrected chi connectivity index (χ1v) is 1.78. The minimum Gasteiger partial charge on any atom is -0.481 e. The van der Waals surface area contributed by atoms with Gasteiger partial charge in [0.25, 0.3) is 5.95 Å². The fraction of sp³-hybridized carbons (Fsp3) is 0.500. The zero-order chi connectivity index (χ0) is 4.99. The van der Waals surface area contributed by atoms with Crippen molar-refractivity contribution in [3.05, 3.63) is 12.5 Å². The van der Waals surface area contributed by atoms with Crippen LogP contribution in [0.15, 0.2) is 12.5 Å². The van der Waals surface area contributed by atoms with Crippen LogP contribution in [0.5, 0.6) is 0 Å². The van der Waals surface area contributed by atoms with Gasteiger partial charge in [0.2, 0.25) is 0 Å². The number of aliphatic hydroxyl groups excluding tert-OH is 1. The van der Waals surface area contributed by atoms with Gasteiger partial charge in [-0.1, -0.05) is 0 Å². The van der Waals surface area contributed by atoms with Gasteiger partial charge in [-0.3, -0.25) is 0 Å². The average molecular weight is 88.1 g/mol. The van der Waals surface area contributed by atoms with Crippen LogP contribution in [-0.4, -0.2) is 11.7 Å². The monoisotopic (exact) mass is 88.1 g/mol. The second-order valence-corrected chi connectivity index (χ2v) is 0.827. The maximum absolute atomic E-state index is 8.14. The highest BCUT2D eigenvalue weighted by Gasteiger charge is 1.76. The Morgan fingerprint density at radius 3 is 2.50 bits per heavy atom. The average Bonchev–Trinajstić information content (AvgIpc) is 1.35. The van der Waals surface area contributed by atoms with Crippen molar-refractivity contribution in [3.8, 4) is 0 Å². The summed E-state index contributed by atoms with van der Waals surface area (Å²) < 4.78 is 4.40. The van der Waals surface area contributed by atoms with Gasteiger partial charge in [0.05, 0.1) is 6.61 Å². The van der Waals surface area contributed by atoms with Crippen molar-refractivity contribution >= 4 is 0 Å². The molecule has 36 valence electrons. The summed E-state index contributed by atoms with van der Waals surface area (Å²) in [5.74, 6) is -0.211. The van der Waals surface area contributed by atoms with Gasteiger partial charge in [-0.2, -0.15) is 0 Å². The van der Waals surface area contributed by atoms with Gasteiger partial charge in [-0.05, 0) is 13.5 Å². The maximum Gasteiger partial charge on any atom is 0.268 e. The Kier molecular flexibility index (Phi) is 2.29. The summed E-state index contributed by atoms with van der Waals surface area (Å²) >= 11 is 0. The van der Waals surface area contributed by atoms with E-state index in [1.165, 1.54) is 0 Å². The highest BCUT2D eigenvalue weighted by atomic mass is 16.6. The molecule has 0 atom stereocenters. The van der Waals surface area contributed by atoms with Crippen molar-refractivity contribution in [1.82, 2.24) is 0 Å². The lowest BCUT2D eigenvalue weighted by atomic mass is 10.8. The highest BCUT2D eigenvalue weighted by Crippen LogP contribution is 1.80. The third-order valence-corrected chi connectivity index (χ3v) is 0.311. The molecule has 0 radical (unpaired) electrons. The Labute approximate surface area is 37.1 Å². The van der Waals surface area contributed by atoms with E-state index in [1.807, 2.05) is 0 Å². The molecule has 0 fully saturated rings. The Bertz CT molecular complexity index is 49.5. The Hall–Kier alpha value is -0.660. The molecule has 0 saturated heterocycles. The van der Waals surface area contributed by atoms with Gasteiger partial charge in [-0.25, -0.2) is 0 Å². The summed E-state index contributed by atoms with van der Waals surface area (Å²) in [4.78, 5) is 0. The molecule has 0 aliphatic rings. The molecule has 2 heteroatoms. The zero-order valence-electron chi connectivity index (χ0n) is 3.77. The molecule has 0 heterocycles. The van der Waals surface area contributed by atoms with Crippen LogP contribution >= 0.6 is 0 Å². The lowest BCUT2D eigenvalue weighted by molar-refractivity contribution is 0.105. The molecule has 2 nitrogen and oxygen atoms in total. The second kappa shape index (κ2) is 2.57. The third-order valence-electron chi connectivity index (χ3n) is 0.311. The lowest BCUT2D eigenvalue weighted by Crippen LogP contribution is -1.85. The molecule has 0 aromatic carbocycles. The van der Waals surface area contributed by atoms with Crippen molar-refractivity contribution in [1.29, 1.82) is 0 Å². The summed E-state index contributed by atoms with van der Waals surface area (Å²) in [6.45, 7) is 5.34. The van der Waals surface area contributed by atoms with Crippen LogP contribution in [0.3, 0.4) is 0 Å². The number of ether oxygens (including phenoxy) is 1. The first kappa shape index (κ1) is 5.34. The van der Waals surface area contributed by atoms with Gasteiger partial charge in [0.15, 0.2) is 0 Å². The van der Waals surface area contributed by atoms with Crippen LogP contribution in [0, 0.1) is 0 Å². The number of hydrogen-bond acceptors (Lipinski definition) is 2. The topological polar surface area (TPSA) is 29.5 Å². The van der Waals surface area contributed by atoms with E-state index >= 15 is 0 Å². The molecule has 0 aliphatic heterocycles. The minimum atomic E-state index is -0.211. The van der Waals surface area contributed by atoms with Crippen molar-refractivity contribution < 1.29 is 9.84 Å². The first-order valence-electron chi connectivity index (χ1n) is 1.78. The summed E-state index contributed by atoms with van der Waals surface area (Å²) in [6, 6.07) is 0. The van der Waals surface area contributed by atoms with E-state index in [0.717, 1.165) is 0 Å². The van der Waals surface area contributed by atoms with E-state index in [9.17, 15) is 0 Å². The van der Waals surface area contributed by atoms with Crippen LogP contribution in [0.25, 0.3) is 0 Å². The Morgan fingerprint density at radius 2 is 2.50 bits per heavy atom. The Balaban J connectivity index is 2.83. The lowest BCUT2D eigenvalue weighted by Gasteiger charge is -1.93. The smallest absolute Gasteiger partial charge is 0.268 e. The Morgan fingerprint density at radius 1 is 2.00 bits per heavy atom. The number of rotatable bonds is 2. The van der Waals surface area contributed by atoms with Crippen molar-refractivity contribution in [3.63, 3.8) is 0 Å². The van der Waals surface area contributed by atoms with Crippen molar-refractivity contribution in [2.45, 2.75) is 6.92 Å². The quantitative estimate of drug-likeness (QED) is 0.511.